The number of fused-ring (bicyclic) bond motifs is 1. The Kier molecular flexibility index (Phi) is 5.80. The third-order valence-electron chi connectivity index (χ3n) is 5.66. The maximum absolute atomic E-state index is 12.7. The minimum atomic E-state index is -3.52. The second-order valence-electron chi connectivity index (χ2n) is 7.87. The van der Waals surface area contributed by atoms with E-state index in [1.165, 1.54) is 20.7 Å². The van der Waals surface area contributed by atoms with Gasteiger partial charge in [0, 0.05) is 30.9 Å². The molecule has 10 heteroatoms. The number of benzene rings is 2. The summed E-state index contributed by atoms with van der Waals surface area (Å²) in [4.78, 5) is 12.9. The summed E-state index contributed by atoms with van der Waals surface area (Å²) >= 11 is 0. The predicted octanol–water partition coefficient (Wildman–Crippen LogP) is 2.44. The predicted molar refractivity (Wildman–Crippen MR) is 119 cm³/mol. The van der Waals surface area contributed by atoms with Crippen molar-refractivity contribution in [1.29, 1.82) is 0 Å². The summed E-state index contributed by atoms with van der Waals surface area (Å²) < 4.78 is 52.0. The molecule has 2 aromatic rings. The summed E-state index contributed by atoms with van der Waals surface area (Å²) in [5.74, 6) is -0.341. The third-order valence-corrected chi connectivity index (χ3v) is 8.75. The molecule has 1 amide bonds. The van der Waals surface area contributed by atoms with Crippen molar-refractivity contribution >= 4 is 37.3 Å². The van der Waals surface area contributed by atoms with Crippen molar-refractivity contribution in [2.75, 3.05) is 35.5 Å². The van der Waals surface area contributed by atoms with Gasteiger partial charge in [-0.15, -0.1) is 0 Å². The average Bonchev–Trinajstić information content (AvgIpc) is 3.18. The summed E-state index contributed by atoms with van der Waals surface area (Å²) in [6.45, 7) is 1.44. The summed E-state index contributed by atoms with van der Waals surface area (Å²) in [5.41, 5.74) is 2.31. The number of amides is 1. The highest BCUT2D eigenvalue weighted by molar-refractivity contribution is 7.92. The van der Waals surface area contributed by atoms with Crippen LogP contribution >= 0.6 is 0 Å². The standard InChI is InChI=1S/C21H25N3O5S2/c1-30(26,27)24-14-11-16-15-17(5-10-20(16)24)21(25)22-18-6-8-19(9-7-18)31(28,29)23-12-3-2-4-13-23/h5-10,15H,2-4,11-14H2,1H3,(H,22,25). The van der Waals surface area contributed by atoms with Crippen molar-refractivity contribution < 1.29 is 21.6 Å². The van der Waals surface area contributed by atoms with E-state index in [2.05, 4.69) is 5.32 Å². The largest absolute Gasteiger partial charge is 0.322 e. The van der Waals surface area contributed by atoms with Gasteiger partial charge in [-0.3, -0.25) is 9.10 Å². The van der Waals surface area contributed by atoms with Gasteiger partial charge in [0.05, 0.1) is 16.8 Å². The van der Waals surface area contributed by atoms with E-state index < -0.39 is 20.0 Å². The van der Waals surface area contributed by atoms with Crippen LogP contribution in [-0.2, 0) is 26.5 Å². The molecule has 2 aliphatic heterocycles. The molecule has 0 saturated carbocycles. The van der Waals surface area contributed by atoms with Crippen LogP contribution < -0.4 is 9.62 Å². The normalized spacial score (nSPS) is 17.4. The van der Waals surface area contributed by atoms with Crippen LogP contribution in [0, 0.1) is 0 Å². The SMILES string of the molecule is CS(=O)(=O)N1CCc2cc(C(=O)Nc3ccc(S(=O)(=O)N4CCCCC4)cc3)ccc21. The van der Waals surface area contributed by atoms with E-state index in [0.717, 1.165) is 31.1 Å². The van der Waals surface area contributed by atoms with Crippen LogP contribution in [0.4, 0.5) is 11.4 Å². The van der Waals surface area contributed by atoms with Gasteiger partial charge in [0.2, 0.25) is 20.0 Å². The molecule has 0 aromatic heterocycles. The zero-order valence-electron chi connectivity index (χ0n) is 17.2. The van der Waals surface area contributed by atoms with Gasteiger partial charge in [-0.1, -0.05) is 6.42 Å². The zero-order chi connectivity index (χ0) is 22.2. The Morgan fingerprint density at radius 2 is 1.58 bits per heavy atom. The van der Waals surface area contributed by atoms with Crippen molar-refractivity contribution in [2.24, 2.45) is 0 Å². The Balaban J connectivity index is 1.47. The minimum Gasteiger partial charge on any atom is -0.322 e. The van der Waals surface area contributed by atoms with Gasteiger partial charge in [0.1, 0.15) is 0 Å². The Labute approximate surface area is 183 Å². The summed E-state index contributed by atoms with van der Waals surface area (Å²) in [6, 6.07) is 11.1. The van der Waals surface area contributed by atoms with Crippen LogP contribution in [-0.4, -0.2) is 52.9 Å². The lowest BCUT2D eigenvalue weighted by molar-refractivity contribution is 0.102. The van der Waals surface area contributed by atoms with Gasteiger partial charge in [-0.05, 0) is 67.3 Å². The topological polar surface area (TPSA) is 104 Å². The molecule has 0 radical (unpaired) electrons. The van der Waals surface area contributed by atoms with Gasteiger partial charge in [0.25, 0.3) is 5.91 Å². The first-order valence-corrected chi connectivity index (χ1v) is 13.5. The van der Waals surface area contributed by atoms with E-state index in [1.54, 1.807) is 30.3 Å². The molecular formula is C21H25N3O5S2. The van der Waals surface area contributed by atoms with Crippen molar-refractivity contribution in [3.8, 4) is 0 Å². The van der Waals surface area contributed by atoms with Gasteiger partial charge in [-0.2, -0.15) is 4.31 Å². The van der Waals surface area contributed by atoms with E-state index >= 15 is 0 Å². The van der Waals surface area contributed by atoms with E-state index in [-0.39, 0.29) is 10.8 Å². The molecule has 0 bridgehead atoms. The van der Waals surface area contributed by atoms with Crippen LogP contribution in [0.1, 0.15) is 35.2 Å². The molecular weight excluding hydrogens is 438 g/mol. The molecule has 2 aromatic carbocycles. The van der Waals surface area contributed by atoms with Crippen LogP contribution in [0.15, 0.2) is 47.4 Å². The fourth-order valence-electron chi connectivity index (χ4n) is 4.03. The highest BCUT2D eigenvalue weighted by atomic mass is 32.2. The monoisotopic (exact) mass is 463 g/mol. The van der Waals surface area contributed by atoms with Crippen molar-refractivity contribution in [3.05, 3.63) is 53.6 Å². The molecule has 0 spiro atoms. The molecule has 8 nitrogen and oxygen atoms in total. The lowest BCUT2D eigenvalue weighted by atomic mass is 10.1. The number of sulfonamides is 2. The number of anilines is 2. The molecule has 1 N–H and O–H groups in total. The first kappa shape index (κ1) is 21.8. The van der Waals surface area contributed by atoms with Crippen LogP contribution in [0.2, 0.25) is 0 Å². The molecule has 2 aliphatic rings. The molecule has 0 unspecified atom stereocenters. The van der Waals surface area contributed by atoms with Crippen molar-refractivity contribution in [1.82, 2.24) is 4.31 Å². The molecule has 166 valence electrons. The zero-order valence-corrected chi connectivity index (χ0v) is 18.9. The maximum atomic E-state index is 12.7. The highest BCUT2D eigenvalue weighted by Gasteiger charge is 2.27. The number of rotatable bonds is 5. The van der Waals surface area contributed by atoms with E-state index in [0.29, 0.717) is 43.0 Å². The van der Waals surface area contributed by atoms with Gasteiger partial charge in [0.15, 0.2) is 0 Å². The Morgan fingerprint density at radius 1 is 0.903 bits per heavy atom. The second-order valence-corrected chi connectivity index (χ2v) is 11.7. The number of piperidine rings is 1. The number of hydrogen-bond acceptors (Lipinski definition) is 5. The molecule has 1 saturated heterocycles. The summed E-state index contributed by atoms with van der Waals surface area (Å²) in [6.07, 6.45) is 4.50. The van der Waals surface area contributed by atoms with Crippen LogP contribution in [0.25, 0.3) is 0 Å². The maximum Gasteiger partial charge on any atom is 0.255 e. The first-order chi connectivity index (χ1) is 14.7. The fourth-order valence-corrected chi connectivity index (χ4v) is 6.50. The molecule has 0 aliphatic carbocycles. The van der Waals surface area contributed by atoms with E-state index in [9.17, 15) is 21.6 Å². The number of carbonyl (C=O) groups is 1. The summed E-state index contributed by atoms with van der Waals surface area (Å²) in [7, 11) is -6.86. The quantitative estimate of drug-likeness (QED) is 0.734. The lowest BCUT2D eigenvalue weighted by Crippen LogP contribution is -2.35. The van der Waals surface area contributed by atoms with Gasteiger partial charge >= 0.3 is 0 Å². The van der Waals surface area contributed by atoms with Gasteiger partial charge in [-0.25, -0.2) is 16.8 Å². The number of nitrogens with zero attached hydrogens (tertiary/aromatic N) is 2. The lowest BCUT2D eigenvalue weighted by Gasteiger charge is -2.25. The van der Waals surface area contributed by atoms with E-state index in [4.69, 9.17) is 0 Å². The fraction of sp³-hybridized carbons (Fsp3) is 0.381. The molecule has 31 heavy (non-hydrogen) atoms. The molecule has 0 atom stereocenters. The average molecular weight is 464 g/mol. The van der Waals surface area contributed by atoms with Crippen molar-refractivity contribution in [3.63, 3.8) is 0 Å². The Bertz CT molecular complexity index is 1200. The summed E-state index contributed by atoms with van der Waals surface area (Å²) in [5, 5.41) is 2.77. The molecule has 2 heterocycles. The first-order valence-electron chi connectivity index (χ1n) is 10.2. The number of hydrogen-bond donors (Lipinski definition) is 1. The highest BCUT2D eigenvalue weighted by Crippen LogP contribution is 2.31. The van der Waals surface area contributed by atoms with Crippen LogP contribution in [0.3, 0.4) is 0 Å². The Morgan fingerprint density at radius 3 is 2.23 bits per heavy atom. The smallest absolute Gasteiger partial charge is 0.255 e. The molecule has 4 rings (SSSR count). The number of carbonyl (C=O) groups excluding carboxylic acids is 1. The number of nitrogens with one attached hydrogen (secondary N) is 1. The van der Waals surface area contributed by atoms with Crippen molar-refractivity contribution in [2.45, 2.75) is 30.6 Å². The molecule has 1 fully saturated rings. The van der Waals surface area contributed by atoms with Gasteiger partial charge < -0.3 is 5.32 Å². The van der Waals surface area contributed by atoms with E-state index in [1.807, 2.05) is 0 Å². The Hall–Kier alpha value is -2.43. The van der Waals surface area contributed by atoms with Crippen LogP contribution in [0.5, 0.6) is 0 Å². The minimum absolute atomic E-state index is 0.214. The second kappa shape index (κ2) is 8.25. The third kappa shape index (κ3) is 4.46.